The molecular formula is C28H29ClFN5O4. The number of piperazine rings is 1. The molecule has 3 aromatic rings. The minimum Gasteiger partial charge on any atom is -0.489 e. The zero-order valence-electron chi connectivity index (χ0n) is 21.8. The monoisotopic (exact) mass is 553 g/mol. The number of hydrogen-bond acceptors (Lipinski definition) is 7. The Balaban J connectivity index is 1.63. The van der Waals surface area contributed by atoms with Gasteiger partial charge < -0.3 is 19.3 Å². The minimum atomic E-state index is -0.488. The second kappa shape index (κ2) is 9.60. The van der Waals surface area contributed by atoms with Gasteiger partial charge in [0.15, 0.2) is 11.4 Å². The molecule has 1 aromatic carbocycles. The minimum absolute atomic E-state index is 0.144. The Morgan fingerprint density at radius 3 is 2.79 bits per heavy atom. The van der Waals surface area contributed by atoms with E-state index in [1.54, 1.807) is 27.7 Å². The van der Waals surface area contributed by atoms with Crippen LogP contribution < -0.4 is 15.3 Å². The summed E-state index contributed by atoms with van der Waals surface area (Å²) >= 11 is 6.92. The van der Waals surface area contributed by atoms with Gasteiger partial charge in [0, 0.05) is 43.3 Å². The van der Waals surface area contributed by atoms with Gasteiger partial charge in [-0.3, -0.25) is 9.36 Å². The molecule has 9 nitrogen and oxygen atoms in total. The van der Waals surface area contributed by atoms with Gasteiger partial charge in [-0.05, 0) is 24.6 Å². The second-order valence-corrected chi connectivity index (χ2v) is 11.2. The predicted octanol–water partition coefficient (Wildman–Crippen LogP) is 3.83. The number of aromatic nitrogens is 3. The Bertz CT molecular complexity index is 1560. The average Bonchev–Trinajstić information content (AvgIpc) is 3.08. The number of rotatable bonds is 3. The van der Waals surface area contributed by atoms with Gasteiger partial charge in [-0.1, -0.05) is 44.2 Å². The molecule has 0 unspecified atom stereocenters. The van der Waals surface area contributed by atoms with Crippen molar-refractivity contribution in [2.24, 2.45) is 5.41 Å². The normalized spacial score (nSPS) is 22.2. The lowest BCUT2D eigenvalue weighted by Gasteiger charge is -2.41. The van der Waals surface area contributed by atoms with Crippen LogP contribution in [-0.4, -0.2) is 70.8 Å². The Labute approximate surface area is 229 Å². The zero-order valence-corrected chi connectivity index (χ0v) is 22.6. The van der Waals surface area contributed by atoms with Gasteiger partial charge in [-0.15, -0.1) is 0 Å². The maximum absolute atomic E-state index is 15.0. The van der Waals surface area contributed by atoms with Crippen molar-refractivity contribution in [2.45, 2.75) is 32.4 Å². The highest BCUT2D eigenvalue weighted by Gasteiger charge is 2.40. The standard InChI is InChI=1S/C28H29ClFN5O4/c1-4-20(36)33-10-11-34-16(13-33)14-39-24-21-25(34)32-27(37)35(19-9-12-38-15-28(19,2)3)26(21)31-23(22(24)29)17-7-5-6-8-18(17)30/h4-8,16,19H,1,9-15H2,2-3H3/t16-,19+/m1/s1. The van der Waals surface area contributed by atoms with Crippen LogP contribution in [0.3, 0.4) is 0 Å². The summed E-state index contributed by atoms with van der Waals surface area (Å²) in [5.41, 5.74) is -0.109. The van der Waals surface area contributed by atoms with Crippen molar-refractivity contribution < 1.29 is 18.7 Å². The molecule has 0 radical (unpaired) electrons. The van der Waals surface area contributed by atoms with Crippen molar-refractivity contribution in [3.8, 4) is 17.0 Å². The van der Waals surface area contributed by atoms with Crippen molar-refractivity contribution in [3.63, 3.8) is 0 Å². The fraction of sp³-hybridized carbons (Fsp3) is 0.429. The van der Waals surface area contributed by atoms with E-state index in [0.717, 1.165) is 0 Å². The van der Waals surface area contributed by atoms with Crippen LogP contribution in [-0.2, 0) is 9.53 Å². The first-order valence-electron chi connectivity index (χ1n) is 13.0. The number of amides is 1. The Kier molecular flexibility index (Phi) is 6.34. The maximum Gasteiger partial charge on any atom is 0.351 e. The predicted molar refractivity (Wildman–Crippen MR) is 146 cm³/mol. The van der Waals surface area contributed by atoms with E-state index in [-0.39, 0.29) is 40.9 Å². The number of nitrogens with zero attached hydrogens (tertiary/aromatic N) is 5. The Hall–Kier alpha value is -3.50. The Morgan fingerprint density at radius 2 is 2.05 bits per heavy atom. The third-order valence-electron chi connectivity index (χ3n) is 7.95. The summed E-state index contributed by atoms with van der Waals surface area (Å²) in [4.78, 5) is 39.4. The van der Waals surface area contributed by atoms with E-state index in [2.05, 4.69) is 11.6 Å². The number of carbonyl (C=O) groups excluding carboxylic acids is 1. The molecule has 6 rings (SSSR count). The molecule has 3 aliphatic heterocycles. The van der Waals surface area contributed by atoms with E-state index in [4.69, 9.17) is 26.1 Å². The quantitative estimate of drug-likeness (QED) is 0.455. The van der Waals surface area contributed by atoms with Gasteiger partial charge in [0.25, 0.3) is 0 Å². The molecule has 3 aliphatic rings. The SMILES string of the molecule is C=CC(=O)N1CCN2c3nc(=O)n([C@H]4CCOCC4(C)C)c4nc(-c5ccccc5F)c(Cl)c(c34)OC[C@H]2C1. The summed E-state index contributed by atoms with van der Waals surface area (Å²) in [7, 11) is 0. The van der Waals surface area contributed by atoms with Gasteiger partial charge in [-0.25, -0.2) is 14.2 Å². The molecule has 2 aromatic heterocycles. The van der Waals surface area contributed by atoms with Crippen LogP contribution in [0.15, 0.2) is 41.7 Å². The highest BCUT2D eigenvalue weighted by Crippen LogP contribution is 2.47. The van der Waals surface area contributed by atoms with Crippen LogP contribution >= 0.6 is 11.6 Å². The molecule has 0 bridgehead atoms. The molecule has 0 saturated carbocycles. The number of pyridine rings is 1. The zero-order chi connectivity index (χ0) is 27.5. The van der Waals surface area contributed by atoms with Gasteiger partial charge in [-0.2, -0.15) is 4.98 Å². The average molecular weight is 554 g/mol. The van der Waals surface area contributed by atoms with Crippen LogP contribution in [0.5, 0.6) is 5.75 Å². The van der Waals surface area contributed by atoms with Gasteiger partial charge in [0.1, 0.15) is 28.7 Å². The first-order valence-corrected chi connectivity index (χ1v) is 13.4. The molecule has 11 heteroatoms. The fourth-order valence-electron chi connectivity index (χ4n) is 5.93. The molecule has 0 spiro atoms. The number of carbonyl (C=O) groups is 1. The smallest absolute Gasteiger partial charge is 0.351 e. The number of anilines is 1. The number of ether oxygens (including phenoxy) is 2. The van der Waals surface area contributed by atoms with Crippen molar-refractivity contribution in [3.05, 3.63) is 58.2 Å². The summed E-state index contributed by atoms with van der Waals surface area (Å²) in [6.45, 7) is 10.1. The molecule has 1 amide bonds. The van der Waals surface area contributed by atoms with Gasteiger partial charge in [0.05, 0.1) is 18.3 Å². The summed E-state index contributed by atoms with van der Waals surface area (Å²) in [6, 6.07) is 5.69. The van der Waals surface area contributed by atoms with E-state index in [1.165, 1.54) is 12.1 Å². The first-order chi connectivity index (χ1) is 18.7. The van der Waals surface area contributed by atoms with Crippen molar-refractivity contribution in [1.82, 2.24) is 19.4 Å². The van der Waals surface area contributed by atoms with Crippen LogP contribution in [0, 0.1) is 11.2 Å². The highest BCUT2D eigenvalue weighted by molar-refractivity contribution is 6.36. The van der Waals surface area contributed by atoms with Crippen LogP contribution in [0.25, 0.3) is 22.3 Å². The third-order valence-corrected chi connectivity index (χ3v) is 8.30. The van der Waals surface area contributed by atoms with Gasteiger partial charge in [0.2, 0.25) is 5.91 Å². The van der Waals surface area contributed by atoms with E-state index >= 15 is 4.39 Å². The largest absolute Gasteiger partial charge is 0.489 e. The lowest BCUT2D eigenvalue weighted by Crippen LogP contribution is -2.57. The summed E-state index contributed by atoms with van der Waals surface area (Å²) in [6.07, 6.45) is 1.88. The molecular weight excluding hydrogens is 525 g/mol. The lowest BCUT2D eigenvalue weighted by atomic mass is 9.81. The van der Waals surface area contributed by atoms with E-state index in [0.29, 0.717) is 61.9 Å². The summed E-state index contributed by atoms with van der Waals surface area (Å²) in [5.74, 6) is 0.0525. The molecule has 39 heavy (non-hydrogen) atoms. The first kappa shape index (κ1) is 25.8. The van der Waals surface area contributed by atoms with E-state index < -0.39 is 16.9 Å². The molecule has 0 aliphatic carbocycles. The second-order valence-electron chi connectivity index (χ2n) is 10.9. The van der Waals surface area contributed by atoms with Crippen LogP contribution in [0.4, 0.5) is 10.2 Å². The maximum atomic E-state index is 15.0. The van der Waals surface area contributed by atoms with E-state index in [1.807, 2.05) is 18.7 Å². The highest BCUT2D eigenvalue weighted by atomic mass is 35.5. The van der Waals surface area contributed by atoms with Crippen molar-refractivity contribution in [1.29, 1.82) is 0 Å². The van der Waals surface area contributed by atoms with Crippen LogP contribution in [0.1, 0.15) is 26.3 Å². The summed E-state index contributed by atoms with van der Waals surface area (Å²) < 4.78 is 28.7. The number of fused-ring (bicyclic) bond motifs is 2. The number of hydrogen-bond donors (Lipinski definition) is 0. The van der Waals surface area contributed by atoms with E-state index in [9.17, 15) is 9.59 Å². The summed E-state index contributed by atoms with van der Waals surface area (Å²) in [5, 5.41) is 0.652. The molecule has 204 valence electrons. The van der Waals surface area contributed by atoms with Crippen molar-refractivity contribution >= 4 is 34.4 Å². The van der Waals surface area contributed by atoms with Crippen LogP contribution in [0.2, 0.25) is 5.02 Å². The van der Waals surface area contributed by atoms with Gasteiger partial charge >= 0.3 is 5.69 Å². The number of halogens is 2. The van der Waals surface area contributed by atoms with Crippen molar-refractivity contribution in [2.75, 3.05) is 44.4 Å². The topological polar surface area (TPSA) is 89.8 Å². The molecule has 2 saturated heterocycles. The lowest BCUT2D eigenvalue weighted by molar-refractivity contribution is -0.126. The molecule has 5 heterocycles. The third kappa shape index (κ3) is 4.17. The number of benzene rings is 1. The molecule has 2 atom stereocenters. The fourth-order valence-corrected chi connectivity index (χ4v) is 6.23. The Morgan fingerprint density at radius 1 is 1.26 bits per heavy atom. The molecule has 2 fully saturated rings. The molecule has 0 N–H and O–H groups in total.